The fourth-order valence-electron chi connectivity index (χ4n) is 1.61. The average molecular weight is 372 g/mol. The van der Waals surface area contributed by atoms with Crippen LogP contribution in [0.2, 0.25) is 5.02 Å². The summed E-state index contributed by atoms with van der Waals surface area (Å²) >= 11 is 8.96. The van der Waals surface area contributed by atoms with E-state index in [1.54, 1.807) is 0 Å². The van der Waals surface area contributed by atoms with Crippen LogP contribution in [0.3, 0.4) is 0 Å². The highest BCUT2D eigenvalue weighted by Crippen LogP contribution is 2.24. The summed E-state index contributed by atoms with van der Waals surface area (Å²) < 4.78 is 13.3. The van der Waals surface area contributed by atoms with E-state index in [-0.39, 0.29) is 26.3 Å². The molecule has 0 aromatic heterocycles. The van der Waals surface area contributed by atoms with Crippen LogP contribution in [-0.4, -0.2) is 11.8 Å². The molecule has 21 heavy (non-hydrogen) atoms. The van der Waals surface area contributed by atoms with Crippen molar-refractivity contribution in [2.24, 2.45) is 5.73 Å². The molecule has 0 aliphatic heterocycles. The molecule has 0 aliphatic carbocycles. The Kier molecular flexibility index (Phi) is 4.59. The quantitative estimate of drug-likeness (QED) is 0.865. The fraction of sp³-hybridized carbons (Fsp3) is 0. The van der Waals surface area contributed by atoms with Crippen molar-refractivity contribution in [2.45, 2.75) is 0 Å². The summed E-state index contributed by atoms with van der Waals surface area (Å²) in [6.07, 6.45) is 0. The van der Waals surface area contributed by atoms with Gasteiger partial charge >= 0.3 is 0 Å². The minimum absolute atomic E-state index is 0.173. The van der Waals surface area contributed by atoms with E-state index < -0.39 is 17.6 Å². The number of hydrogen-bond acceptors (Lipinski definition) is 2. The van der Waals surface area contributed by atoms with Gasteiger partial charge in [-0.15, -0.1) is 0 Å². The summed E-state index contributed by atoms with van der Waals surface area (Å²) in [6.45, 7) is 0. The van der Waals surface area contributed by atoms with Crippen LogP contribution < -0.4 is 11.1 Å². The van der Waals surface area contributed by atoms with E-state index in [9.17, 15) is 14.0 Å². The Morgan fingerprint density at radius 2 is 1.81 bits per heavy atom. The first-order chi connectivity index (χ1) is 9.88. The van der Waals surface area contributed by atoms with Crippen molar-refractivity contribution in [3.8, 4) is 0 Å². The molecule has 0 fully saturated rings. The Hall–Kier alpha value is -1.92. The summed E-state index contributed by atoms with van der Waals surface area (Å²) in [7, 11) is 0. The number of anilines is 1. The van der Waals surface area contributed by atoms with Crippen molar-refractivity contribution in [1.29, 1.82) is 0 Å². The van der Waals surface area contributed by atoms with Crippen LogP contribution in [0.15, 0.2) is 40.9 Å². The van der Waals surface area contributed by atoms with Gasteiger partial charge in [0, 0.05) is 11.1 Å². The zero-order valence-electron chi connectivity index (χ0n) is 10.5. The van der Waals surface area contributed by atoms with Gasteiger partial charge in [-0.2, -0.15) is 0 Å². The number of nitrogens with one attached hydrogen (secondary N) is 1. The lowest BCUT2D eigenvalue weighted by atomic mass is 10.1. The molecule has 0 atom stereocenters. The number of hydrogen-bond donors (Lipinski definition) is 2. The molecule has 7 heteroatoms. The van der Waals surface area contributed by atoms with Crippen LogP contribution in [-0.2, 0) is 0 Å². The Bertz CT molecular complexity index is 737. The number of benzene rings is 2. The first-order valence-corrected chi connectivity index (χ1v) is 6.91. The first-order valence-electron chi connectivity index (χ1n) is 5.74. The summed E-state index contributed by atoms with van der Waals surface area (Å²) in [6, 6.07) is 8.13. The number of nitrogens with two attached hydrogens (primary N) is 1. The zero-order valence-corrected chi connectivity index (χ0v) is 12.8. The maximum atomic E-state index is 13.1. The van der Waals surface area contributed by atoms with Gasteiger partial charge in [0.25, 0.3) is 5.91 Å². The smallest absolute Gasteiger partial charge is 0.255 e. The van der Waals surface area contributed by atoms with E-state index in [2.05, 4.69) is 21.2 Å². The van der Waals surface area contributed by atoms with Gasteiger partial charge in [0.1, 0.15) is 5.82 Å². The number of carbonyl (C=O) groups excluding carboxylic acids is 2. The first kappa shape index (κ1) is 15.5. The Balaban J connectivity index is 2.28. The Labute approximate surface area is 133 Å². The molecular weight excluding hydrogens is 363 g/mol. The minimum atomic E-state index is -0.633. The Morgan fingerprint density at radius 3 is 2.43 bits per heavy atom. The summed E-state index contributed by atoms with van der Waals surface area (Å²) in [5.74, 6) is -1.59. The standard InChI is InChI=1S/C14H9BrClFN2O2/c15-9-5-8(2-4-11(9)17)14(21)19-12-6-7(13(18)20)1-3-10(12)16/h1-6H,(H2,18,20)(H,19,21). The van der Waals surface area contributed by atoms with Gasteiger partial charge in [0.15, 0.2) is 0 Å². The highest BCUT2D eigenvalue weighted by molar-refractivity contribution is 9.10. The van der Waals surface area contributed by atoms with E-state index in [0.29, 0.717) is 0 Å². The van der Waals surface area contributed by atoms with Gasteiger partial charge in [0.05, 0.1) is 15.2 Å². The summed E-state index contributed by atoms with van der Waals surface area (Å²) in [5, 5.41) is 2.81. The molecule has 0 spiro atoms. The number of halogens is 3. The van der Waals surface area contributed by atoms with Gasteiger partial charge in [-0.25, -0.2) is 4.39 Å². The molecule has 0 unspecified atom stereocenters. The summed E-state index contributed by atoms with van der Waals surface area (Å²) in [5.41, 5.74) is 5.87. The molecule has 0 radical (unpaired) electrons. The molecule has 0 saturated heterocycles. The number of primary amides is 1. The van der Waals surface area contributed by atoms with Gasteiger partial charge in [-0.3, -0.25) is 9.59 Å². The lowest BCUT2D eigenvalue weighted by Crippen LogP contribution is -2.15. The minimum Gasteiger partial charge on any atom is -0.366 e. The van der Waals surface area contributed by atoms with Gasteiger partial charge < -0.3 is 11.1 Å². The predicted molar refractivity (Wildman–Crippen MR) is 82.0 cm³/mol. The molecular formula is C14H9BrClFN2O2. The van der Waals surface area contributed by atoms with Gasteiger partial charge in [0.2, 0.25) is 5.91 Å². The van der Waals surface area contributed by atoms with E-state index >= 15 is 0 Å². The van der Waals surface area contributed by atoms with Crippen LogP contribution in [0.5, 0.6) is 0 Å². The normalized spacial score (nSPS) is 10.2. The SMILES string of the molecule is NC(=O)c1ccc(Cl)c(NC(=O)c2ccc(F)c(Br)c2)c1. The van der Waals surface area contributed by atoms with Crippen molar-refractivity contribution in [3.05, 3.63) is 62.8 Å². The van der Waals surface area contributed by atoms with E-state index in [1.165, 1.54) is 36.4 Å². The Morgan fingerprint density at radius 1 is 1.14 bits per heavy atom. The summed E-state index contributed by atoms with van der Waals surface area (Å²) in [4.78, 5) is 23.2. The van der Waals surface area contributed by atoms with E-state index in [0.717, 1.165) is 0 Å². The zero-order chi connectivity index (χ0) is 15.6. The monoisotopic (exact) mass is 370 g/mol. The molecule has 4 nitrogen and oxygen atoms in total. The maximum Gasteiger partial charge on any atom is 0.255 e. The largest absolute Gasteiger partial charge is 0.366 e. The van der Waals surface area contributed by atoms with Crippen LogP contribution in [0.25, 0.3) is 0 Å². The van der Waals surface area contributed by atoms with E-state index in [4.69, 9.17) is 17.3 Å². The van der Waals surface area contributed by atoms with Crippen molar-refractivity contribution in [2.75, 3.05) is 5.32 Å². The molecule has 0 bridgehead atoms. The molecule has 2 amide bonds. The number of carbonyl (C=O) groups is 2. The second kappa shape index (κ2) is 6.24. The number of amides is 2. The van der Waals surface area contributed by atoms with Crippen LogP contribution >= 0.6 is 27.5 Å². The molecule has 2 rings (SSSR count). The molecule has 3 N–H and O–H groups in total. The molecule has 108 valence electrons. The molecule has 2 aromatic carbocycles. The van der Waals surface area contributed by atoms with Gasteiger partial charge in [-0.05, 0) is 52.3 Å². The maximum absolute atomic E-state index is 13.1. The molecule has 0 saturated carbocycles. The number of rotatable bonds is 3. The third-order valence-electron chi connectivity index (χ3n) is 2.68. The van der Waals surface area contributed by atoms with Crippen LogP contribution in [0, 0.1) is 5.82 Å². The van der Waals surface area contributed by atoms with Crippen molar-refractivity contribution in [1.82, 2.24) is 0 Å². The molecule has 0 heterocycles. The lowest BCUT2D eigenvalue weighted by Gasteiger charge is -2.09. The topological polar surface area (TPSA) is 72.2 Å². The van der Waals surface area contributed by atoms with Crippen molar-refractivity contribution in [3.63, 3.8) is 0 Å². The van der Waals surface area contributed by atoms with Crippen LogP contribution in [0.1, 0.15) is 20.7 Å². The third kappa shape index (κ3) is 3.59. The molecule has 0 aliphatic rings. The van der Waals surface area contributed by atoms with E-state index in [1.807, 2.05) is 0 Å². The molecule has 2 aromatic rings. The third-order valence-corrected chi connectivity index (χ3v) is 3.62. The van der Waals surface area contributed by atoms with Crippen molar-refractivity contribution < 1.29 is 14.0 Å². The van der Waals surface area contributed by atoms with Crippen LogP contribution in [0.4, 0.5) is 10.1 Å². The lowest BCUT2D eigenvalue weighted by molar-refractivity contribution is 0.0996. The fourth-order valence-corrected chi connectivity index (χ4v) is 2.15. The second-order valence-corrected chi connectivity index (χ2v) is 5.40. The van der Waals surface area contributed by atoms with Crippen molar-refractivity contribution >= 4 is 45.0 Å². The van der Waals surface area contributed by atoms with Gasteiger partial charge in [-0.1, -0.05) is 11.6 Å². The highest BCUT2D eigenvalue weighted by Gasteiger charge is 2.12. The second-order valence-electron chi connectivity index (χ2n) is 4.14. The predicted octanol–water partition coefficient (Wildman–Crippen LogP) is 3.59. The average Bonchev–Trinajstić information content (AvgIpc) is 2.43. The highest BCUT2D eigenvalue weighted by atomic mass is 79.9.